The van der Waals surface area contributed by atoms with E-state index in [0.29, 0.717) is 25.1 Å². The van der Waals surface area contributed by atoms with E-state index in [0.717, 1.165) is 33.9 Å². The third kappa shape index (κ3) is 4.98. The normalized spacial score (nSPS) is 10.3. The Balaban J connectivity index is 1.48. The third-order valence-electron chi connectivity index (χ3n) is 4.43. The van der Waals surface area contributed by atoms with Gasteiger partial charge in [0.1, 0.15) is 18.1 Å². The van der Waals surface area contributed by atoms with Crippen LogP contribution < -0.4 is 10.1 Å². The highest BCUT2D eigenvalue weighted by atomic mass is 16.5. The maximum atomic E-state index is 12.1. The summed E-state index contributed by atoms with van der Waals surface area (Å²) in [5.41, 5.74) is 4.24. The van der Waals surface area contributed by atoms with E-state index < -0.39 is 0 Å². The van der Waals surface area contributed by atoms with Crippen LogP contribution in [0.2, 0.25) is 0 Å². The maximum Gasteiger partial charge on any atom is 0.224 e. The minimum atomic E-state index is -0.0613. The van der Waals surface area contributed by atoms with Crippen LogP contribution >= 0.6 is 0 Å². The average molecular weight is 375 g/mol. The predicted octanol–water partition coefficient (Wildman–Crippen LogP) is 3.60. The fourth-order valence-corrected chi connectivity index (χ4v) is 2.71. The molecule has 1 heterocycles. The summed E-state index contributed by atoms with van der Waals surface area (Å²) in [6.45, 7) is 4.57. The number of nitrogens with zero attached hydrogens (tertiary/aromatic N) is 2. The summed E-state index contributed by atoms with van der Waals surface area (Å²) in [6.07, 6.45) is 0.292. The van der Waals surface area contributed by atoms with Gasteiger partial charge in [0.25, 0.3) is 0 Å². The van der Waals surface area contributed by atoms with Gasteiger partial charge in [0.15, 0.2) is 0 Å². The lowest BCUT2D eigenvalue weighted by Gasteiger charge is -2.08. The van der Waals surface area contributed by atoms with E-state index in [2.05, 4.69) is 16.5 Å². The lowest BCUT2D eigenvalue weighted by Crippen LogP contribution is -2.24. The first-order valence-corrected chi connectivity index (χ1v) is 8.94. The number of amides is 1. The molecule has 0 bridgehead atoms. The molecule has 0 saturated carbocycles. The highest BCUT2D eigenvalue weighted by Gasteiger charge is 2.10. The van der Waals surface area contributed by atoms with Gasteiger partial charge in [-0.25, -0.2) is 0 Å². The van der Waals surface area contributed by atoms with Crippen LogP contribution in [-0.2, 0) is 24.4 Å². The minimum absolute atomic E-state index is 0.0613. The van der Waals surface area contributed by atoms with Crippen LogP contribution in [0.4, 0.5) is 0 Å². The lowest BCUT2D eigenvalue weighted by molar-refractivity contribution is -0.120. The number of benzene rings is 2. The second-order valence-corrected chi connectivity index (χ2v) is 6.50. The molecule has 0 aliphatic rings. The van der Waals surface area contributed by atoms with E-state index in [4.69, 9.17) is 14.5 Å². The van der Waals surface area contributed by atoms with Gasteiger partial charge < -0.3 is 14.6 Å². The largest absolute Gasteiger partial charge is 0.489 e. The van der Waals surface area contributed by atoms with E-state index in [-0.39, 0.29) is 5.91 Å². The Kier molecular flexibility index (Phi) is 6.07. The highest BCUT2D eigenvalue weighted by Crippen LogP contribution is 2.18. The Bertz CT molecular complexity index is 964. The molecule has 0 aliphatic heterocycles. The van der Waals surface area contributed by atoms with Gasteiger partial charge in [-0.3, -0.25) is 4.79 Å². The van der Waals surface area contributed by atoms with Gasteiger partial charge in [-0.05, 0) is 49.2 Å². The highest BCUT2D eigenvalue weighted by molar-refractivity contribution is 5.78. The molecular weight excluding hydrogens is 354 g/mol. The van der Waals surface area contributed by atoms with E-state index in [1.165, 1.54) is 0 Å². The molecular formula is C22H21N3O3. The van der Waals surface area contributed by atoms with E-state index in [1.54, 1.807) is 12.1 Å². The van der Waals surface area contributed by atoms with Gasteiger partial charge in [-0.1, -0.05) is 29.4 Å². The van der Waals surface area contributed by atoms with E-state index in [9.17, 15) is 4.79 Å². The topological polar surface area (TPSA) is 88.2 Å². The summed E-state index contributed by atoms with van der Waals surface area (Å²) >= 11 is 0. The molecule has 0 saturated heterocycles. The Hall–Kier alpha value is -3.59. The standard InChI is InChI=1S/C22H21N3O3/c1-15-21(16(2)28-25-15)14-27-20-9-7-17(8-10-20)11-22(26)24-13-19-5-3-18(12-23)4-6-19/h3-10H,11,13-14H2,1-2H3,(H,24,26). The van der Waals surface area contributed by atoms with Crippen molar-refractivity contribution in [2.45, 2.75) is 33.4 Å². The number of nitriles is 1. The SMILES string of the molecule is Cc1noc(C)c1COc1ccc(CC(=O)NCc2ccc(C#N)cc2)cc1. The van der Waals surface area contributed by atoms with Gasteiger partial charge in [0.2, 0.25) is 5.91 Å². The summed E-state index contributed by atoms with van der Waals surface area (Å²) in [4.78, 5) is 12.1. The molecule has 1 N–H and O–H groups in total. The Labute approximate surface area is 163 Å². The molecule has 3 aromatic rings. The fourth-order valence-electron chi connectivity index (χ4n) is 2.71. The summed E-state index contributed by atoms with van der Waals surface area (Å²) in [5.74, 6) is 1.42. The number of hydrogen-bond donors (Lipinski definition) is 1. The Morgan fingerprint density at radius 1 is 1.11 bits per heavy atom. The van der Waals surface area contributed by atoms with Crippen molar-refractivity contribution < 1.29 is 14.1 Å². The van der Waals surface area contributed by atoms with Gasteiger partial charge in [-0.2, -0.15) is 5.26 Å². The van der Waals surface area contributed by atoms with Crippen molar-refractivity contribution in [1.82, 2.24) is 10.5 Å². The molecule has 28 heavy (non-hydrogen) atoms. The quantitative estimate of drug-likeness (QED) is 0.682. The molecule has 6 nitrogen and oxygen atoms in total. The van der Waals surface area contributed by atoms with E-state index >= 15 is 0 Å². The number of carbonyl (C=O) groups is 1. The molecule has 1 aromatic heterocycles. The first-order chi connectivity index (χ1) is 13.5. The lowest BCUT2D eigenvalue weighted by atomic mass is 10.1. The van der Waals surface area contributed by atoms with Crippen molar-refractivity contribution in [1.29, 1.82) is 5.26 Å². The smallest absolute Gasteiger partial charge is 0.224 e. The number of aryl methyl sites for hydroxylation is 2. The minimum Gasteiger partial charge on any atom is -0.489 e. The number of hydrogen-bond acceptors (Lipinski definition) is 5. The van der Waals surface area contributed by atoms with Crippen molar-refractivity contribution in [2.24, 2.45) is 0 Å². The van der Waals surface area contributed by atoms with Gasteiger partial charge >= 0.3 is 0 Å². The van der Waals surface area contributed by atoms with Crippen molar-refractivity contribution in [3.63, 3.8) is 0 Å². The van der Waals surface area contributed by atoms with Crippen LogP contribution in [0, 0.1) is 25.2 Å². The molecule has 0 radical (unpaired) electrons. The Morgan fingerprint density at radius 3 is 2.39 bits per heavy atom. The van der Waals surface area contributed by atoms with Gasteiger partial charge in [-0.15, -0.1) is 0 Å². The first kappa shape index (κ1) is 19.2. The zero-order valence-corrected chi connectivity index (χ0v) is 15.9. The van der Waals surface area contributed by atoms with Crippen LogP contribution in [0.3, 0.4) is 0 Å². The van der Waals surface area contributed by atoms with Gasteiger partial charge in [0.05, 0.1) is 29.3 Å². The monoisotopic (exact) mass is 375 g/mol. The van der Waals surface area contributed by atoms with Crippen LogP contribution in [0.15, 0.2) is 53.1 Å². The number of carbonyl (C=O) groups excluding carboxylic acids is 1. The molecule has 6 heteroatoms. The van der Waals surface area contributed by atoms with Crippen LogP contribution in [0.25, 0.3) is 0 Å². The molecule has 1 amide bonds. The predicted molar refractivity (Wildman–Crippen MR) is 103 cm³/mol. The molecule has 0 unspecified atom stereocenters. The molecule has 0 aliphatic carbocycles. The molecule has 0 atom stereocenters. The zero-order chi connectivity index (χ0) is 19.9. The summed E-state index contributed by atoms with van der Waals surface area (Å²) in [7, 11) is 0. The van der Waals surface area contributed by atoms with Crippen molar-refractivity contribution in [3.8, 4) is 11.8 Å². The van der Waals surface area contributed by atoms with Crippen LogP contribution in [0.1, 0.15) is 33.7 Å². The van der Waals surface area contributed by atoms with Crippen molar-refractivity contribution >= 4 is 5.91 Å². The zero-order valence-electron chi connectivity index (χ0n) is 15.9. The summed E-state index contributed by atoms with van der Waals surface area (Å²) in [5, 5.41) is 15.6. The van der Waals surface area contributed by atoms with Crippen molar-refractivity contribution in [2.75, 3.05) is 0 Å². The third-order valence-corrected chi connectivity index (χ3v) is 4.43. The molecule has 0 fully saturated rings. The summed E-state index contributed by atoms with van der Waals surface area (Å²) in [6, 6.07) is 16.7. The second-order valence-electron chi connectivity index (χ2n) is 6.50. The number of nitrogens with one attached hydrogen (secondary N) is 1. The van der Waals surface area contributed by atoms with Gasteiger partial charge in [0, 0.05) is 6.54 Å². The van der Waals surface area contributed by atoms with Crippen LogP contribution in [0.5, 0.6) is 5.75 Å². The van der Waals surface area contributed by atoms with Crippen molar-refractivity contribution in [3.05, 3.63) is 82.2 Å². The second kappa shape index (κ2) is 8.87. The molecule has 0 spiro atoms. The van der Waals surface area contributed by atoms with E-state index in [1.807, 2.05) is 50.2 Å². The van der Waals surface area contributed by atoms with Crippen LogP contribution in [-0.4, -0.2) is 11.1 Å². The Morgan fingerprint density at radius 2 is 1.79 bits per heavy atom. The molecule has 3 rings (SSSR count). The molecule has 2 aromatic carbocycles. The average Bonchev–Trinajstić information content (AvgIpc) is 3.04. The molecule has 142 valence electrons. The number of rotatable bonds is 7. The maximum absolute atomic E-state index is 12.1. The number of aromatic nitrogens is 1. The fraction of sp³-hybridized carbons (Fsp3) is 0.227. The summed E-state index contributed by atoms with van der Waals surface area (Å²) < 4.78 is 10.9. The number of ether oxygens (including phenoxy) is 1. The first-order valence-electron chi connectivity index (χ1n) is 8.94.